The summed E-state index contributed by atoms with van der Waals surface area (Å²) in [5.74, 6) is 0.526. The van der Waals surface area contributed by atoms with Crippen molar-refractivity contribution >= 4 is 51.5 Å². The number of carbonyl (C=O) groups is 1. The fraction of sp³-hybridized carbons (Fsp3) is 0. The number of nitrogens with zero attached hydrogens (tertiary/aromatic N) is 3. The molecule has 1 amide bonds. The molecular weight excluding hydrogens is 374 g/mol. The highest BCUT2D eigenvalue weighted by Crippen LogP contribution is 2.36. The third-order valence-electron chi connectivity index (χ3n) is 4.13. The summed E-state index contributed by atoms with van der Waals surface area (Å²) in [6.07, 6.45) is 1.56. The van der Waals surface area contributed by atoms with Crippen LogP contribution in [-0.2, 0) is 0 Å². The molecule has 0 saturated carbocycles. The summed E-state index contributed by atoms with van der Waals surface area (Å²) in [6.45, 7) is 3.28. The zero-order chi connectivity index (χ0) is 19.7. The number of nitrogen functional groups attached to an aromatic ring is 1. The van der Waals surface area contributed by atoms with E-state index in [-0.39, 0.29) is 17.6 Å². The Morgan fingerprint density at radius 3 is 2.82 bits per heavy atom. The Labute approximate surface area is 164 Å². The Balaban J connectivity index is 1.71. The van der Waals surface area contributed by atoms with Crippen molar-refractivity contribution in [3.63, 3.8) is 0 Å². The normalized spacial score (nSPS) is 10.7. The van der Waals surface area contributed by atoms with Gasteiger partial charge in [0.2, 0.25) is 5.95 Å². The average Bonchev–Trinajstić information content (AvgIpc) is 3.12. The van der Waals surface area contributed by atoms with Gasteiger partial charge in [-0.2, -0.15) is 4.98 Å². The van der Waals surface area contributed by atoms with Crippen molar-refractivity contribution in [2.75, 3.05) is 11.1 Å². The van der Waals surface area contributed by atoms with Gasteiger partial charge < -0.3 is 16.2 Å². The number of aromatic nitrogens is 2. The van der Waals surface area contributed by atoms with Gasteiger partial charge >= 0.3 is 0 Å². The molecule has 4 N–H and O–H groups in total. The molecule has 0 aliphatic rings. The second-order valence-electron chi connectivity index (χ2n) is 5.98. The van der Waals surface area contributed by atoms with Crippen molar-refractivity contribution < 1.29 is 9.90 Å². The molecule has 4 aromatic rings. The van der Waals surface area contributed by atoms with Crippen LogP contribution in [0.15, 0.2) is 59.7 Å². The molecule has 0 radical (unpaired) electrons. The van der Waals surface area contributed by atoms with Gasteiger partial charge in [0.25, 0.3) is 5.91 Å². The fourth-order valence-electron chi connectivity index (χ4n) is 2.82. The lowest BCUT2D eigenvalue weighted by Crippen LogP contribution is -1.99. The van der Waals surface area contributed by atoms with Crippen LogP contribution < -0.4 is 11.1 Å². The molecular formula is C20H15N5O2S. The van der Waals surface area contributed by atoms with Gasteiger partial charge in [-0.15, -0.1) is 11.3 Å². The number of thiophene rings is 1. The van der Waals surface area contributed by atoms with E-state index in [0.29, 0.717) is 16.3 Å². The van der Waals surface area contributed by atoms with E-state index in [0.717, 1.165) is 21.3 Å². The Kier molecular flexibility index (Phi) is 4.46. The lowest BCUT2D eigenvalue weighted by Gasteiger charge is -2.10. The second kappa shape index (κ2) is 7.09. The number of rotatable bonds is 4. The number of carbonyl (C=O) groups excluding carboxylic acids is 1. The third-order valence-corrected chi connectivity index (χ3v) is 5.21. The van der Waals surface area contributed by atoms with Gasteiger partial charge in [0.05, 0.1) is 4.88 Å². The molecule has 0 spiro atoms. The van der Waals surface area contributed by atoms with Crippen LogP contribution in [0.25, 0.3) is 21.2 Å². The van der Waals surface area contributed by atoms with Gasteiger partial charge in [-0.1, -0.05) is 12.1 Å². The van der Waals surface area contributed by atoms with E-state index >= 15 is 0 Å². The molecule has 0 aliphatic carbocycles. The van der Waals surface area contributed by atoms with Crippen LogP contribution in [-0.4, -0.2) is 27.7 Å². The summed E-state index contributed by atoms with van der Waals surface area (Å²) in [4.78, 5) is 23.7. The van der Waals surface area contributed by atoms with E-state index in [1.54, 1.807) is 30.5 Å². The Morgan fingerprint density at radius 1 is 1.18 bits per heavy atom. The molecule has 0 bridgehead atoms. The average molecular weight is 389 g/mol. The number of hydrogen-bond acceptors (Lipinski definition) is 7. The van der Waals surface area contributed by atoms with Crippen LogP contribution in [0.1, 0.15) is 9.67 Å². The molecule has 28 heavy (non-hydrogen) atoms. The minimum atomic E-state index is -0.346. The van der Waals surface area contributed by atoms with E-state index in [1.807, 2.05) is 24.3 Å². The van der Waals surface area contributed by atoms with Crippen molar-refractivity contribution in [2.45, 2.75) is 0 Å². The first-order chi connectivity index (χ1) is 13.5. The molecule has 4 rings (SSSR count). The fourth-order valence-corrected chi connectivity index (χ4v) is 3.82. The third kappa shape index (κ3) is 3.40. The highest BCUT2D eigenvalue weighted by Gasteiger charge is 2.12. The van der Waals surface area contributed by atoms with Crippen molar-refractivity contribution in [3.05, 3.63) is 59.6 Å². The van der Waals surface area contributed by atoms with Crippen molar-refractivity contribution in [3.8, 4) is 16.9 Å². The summed E-state index contributed by atoms with van der Waals surface area (Å²) in [5.41, 5.74) is 7.82. The quantitative estimate of drug-likeness (QED) is 0.355. The number of benzene rings is 2. The summed E-state index contributed by atoms with van der Waals surface area (Å²) in [6, 6.07) is 14.4. The van der Waals surface area contributed by atoms with Gasteiger partial charge in [0.15, 0.2) is 0 Å². The minimum absolute atomic E-state index is 0.146. The van der Waals surface area contributed by atoms with E-state index < -0.39 is 0 Å². The van der Waals surface area contributed by atoms with Crippen LogP contribution >= 0.6 is 11.3 Å². The first-order valence-electron chi connectivity index (χ1n) is 8.27. The number of hydrogen-bond donors (Lipinski definition) is 3. The van der Waals surface area contributed by atoms with Gasteiger partial charge in [-0.05, 0) is 54.1 Å². The van der Waals surface area contributed by atoms with Gasteiger partial charge in [-0.3, -0.25) is 4.79 Å². The first kappa shape index (κ1) is 17.6. The summed E-state index contributed by atoms with van der Waals surface area (Å²) in [5, 5.41) is 14.4. The number of phenols is 1. The number of aliphatic imine (C=N–C) groups is 1. The lowest BCUT2D eigenvalue weighted by molar-refractivity contribution is 0.101. The van der Waals surface area contributed by atoms with Crippen LogP contribution in [0.3, 0.4) is 0 Å². The summed E-state index contributed by atoms with van der Waals surface area (Å²) in [7, 11) is 0. The summed E-state index contributed by atoms with van der Waals surface area (Å²) < 4.78 is 0.922. The zero-order valence-electron chi connectivity index (χ0n) is 14.6. The molecule has 0 saturated heterocycles. The molecule has 8 heteroatoms. The monoisotopic (exact) mass is 389 g/mol. The van der Waals surface area contributed by atoms with Crippen LogP contribution in [0.4, 0.5) is 17.5 Å². The Hall–Kier alpha value is -3.78. The van der Waals surface area contributed by atoms with E-state index in [9.17, 15) is 9.90 Å². The molecule has 7 nitrogen and oxygen atoms in total. The predicted molar refractivity (Wildman–Crippen MR) is 113 cm³/mol. The number of phenolic OH excluding ortho intramolecular Hbond substituents is 1. The molecule has 2 aromatic carbocycles. The van der Waals surface area contributed by atoms with E-state index in [2.05, 4.69) is 27.0 Å². The molecule has 0 unspecified atom stereocenters. The maximum Gasteiger partial charge on any atom is 0.286 e. The Bertz CT molecular complexity index is 1220. The van der Waals surface area contributed by atoms with E-state index in [4.69, 9.17) is 5.73 Å². The maximum absolute atomic E-state index is 11.7. The zero-order valence-corrected chi connectivity index (χ0v) is 15.4. The first-order valence-corrected chi connectivity index (χ1v) is 9.09. The number of anilines is 3. The Morgan fingerprint density at radius 2 is 2.04 bits per heavy atom. The van der Waals surface area contributed by atoms with Gasteiger partial charge in [0.1, 0.15) is 11.6 Å². The van der Waals surface area contributed by atoms with Crippen LogP contribution in [0, 0.1) is 0 Å². The maximum atomic E-state index is 11.7. The molecule has 2 aromatic heterocycles. The second-order valence-corrected chi connectivity index (χ2v) is 7.07. The van der Waals surface area contributed by atoms with Crippen molar-refractivity contribution in [1.29, 1.82) is 0 Å². The van der Waals surface area contributed by atoms with Crippen LogP contribution in [0.5, 0.6) is 5.75 Å². The molecule has 2 heterocycles. The molecule has 0 fully saturated rings. The number of fused-ring (bicyclic) bond motifs is 1. The smallest absolute Gasteiger partial charge is 0.286 e. The minimum Gasteiger partial charge on any atom is -0.507 e. The molecule has 138 valence electrons. The van der Waals surface area contributed by atoms with Crippen LogP contribution in [0.2, 0.25) is 0 Å². The van der Waals surface area contributed by atoms with Gasteiger partial charge in [-0.25, -0.2) is 9.98 Å². The number of amides is 1. The molecule has 0 aliphatic heterocycles. The van der Waals surface area contributed by atoms with E-state index in [1.165, 1.54) is 11.3 Å². The van der Waals surface area contributed by atoms with Crippen molar-refractivity contribution in [1.82, 2.24) is 9.97 Å². The number of aromatic hydroxyl groups is 1. The standard InChI is InChI=1S/C20H15N5O2S/c1-22-19(27)17-9-12-3-2-11(8-16(12)28-17)14-10-13(4-5-15(14)26)24-18-6-7-23-20(21)25-18/h2-10,26H,1H2,(H3,21,23,24,25). The highest BCUT2D eigenvalue weighted by atomic mass is 32.1. The predicted octanol–water partition coefficient (Wildman–Crippen LogP) is 4.23. The number of nitrogens with two attached hydrogens (primary N) is 1. The SMILES string of the molecule is C=NC(=O)c1cc2ccc(-c3cc(Nc4ccnc(N)n4)ccc3O)cc2s1. The van der Waals surface area contributed by atoms with Crippen molar-refractivity contribution in [2.24, 2.45) is 4.99 Å². The summed E-state index contributed by atoms with van der Waals surface area (Å²) >= 11 is 1.34. The highest BCUT2D eigenvalue weighted by molar-refractivity contribution is 7.20. The topological polar surface area (TPSA) is 113 Å². The lowest BCUT2D eigenvalue weighted by atomic mass is 10.0. The molecule has 0 atom stereocenters. The van der Waals surface area contributed by atoms with Gasteiger partial charge in [0, 0.05) is 22.1 Å². The largest absolute Gasteiger partial charge is 0.507 e. The number of nitrogens with one attached hydrogen (secondary N) is 1.